The van der Waals surface area contributed by atoms with E-state index in [-0.39, 0.29) is 23.8 Å². The molecule has 4 aromatic heterocycles. The number of aromatic amines is 1. The lowest BCUT2D eigenvalue weighted by Crippen LogP contribution is -2.42. The molecule has 1 aliphatic carbocycles. The molecule has 162 valence electrons. The summed E-state index contributed by atoms with van der Waals surface area (Å²) in [5.74, 6) is -0.122. The van der Waals surface area contributed by atoms with Crippen molar-refractivity contribution in [1.82, 2.24) is 35.2 Å². The highest BCUT2D eigenvalue weighted by atomic mass is 19.1. The Balaban J connectivity index is 1.30. The molecule has 0 spiro atoms. The Bertz CT molecular complexity index is 1250. The fourth-order valence-electron chi connectivity index (χ4n) is 4.06. The van der Waals surface area contributed by atoms with Gasteiger partial charge in [0.25, 0.3) is 5.91 Å². The van der Waals surface area contributed by atoms with Crippen LogP contribution in [0.3, 0.4) is 0 Å². The normalized spacial score (nSPS) is 18.4. The van der Waals surface area contributed by atoms with E-state index in [1.807, 2.05) is 0 Å². The number of carbonyl (C=O) groups excluding carboxylic acids is 1. The molecule has 4 heterocycles. The van der Waals surface area contributed by atoms with Gasteiger partial charge in [-0.1, -0.05) is 0 Å². The van der Waals surface area contributed by atoms with Gasteiger partial charge in [0.2, 0.25) is 0 Å². The van der Waals surface area contributed by atoms with E-state index in [0.717, 1.165) is 24.6 Å². The smallest absolute Gasteiger partial charge is 0.251 e. The Hall–Kier alpha value is -3.95. The predicted octanol–water partition coefficient (Wildman–Crippen LogP) is 3.10. The molecular formula is C22H21FN8O. The van der Waals surface area contributed by atoms with Crippen LogP contribution in [-0.4, -0.2) is 47.9 Å². The SMILES string of the molecule is O=C(N[C@H]1CCC[C@@H](Nc2nc(-c3c[nH]c4ncncc34)ncc2F)C1)c1ccncc1. The molecular weight excluding hydrogens is 411 g/mol. The molecule has 0 aromatic carbocycles. The van der Waals surface area contributed by atoms with Crippen LogP contribution >= 0.6 is 0 Å². The summed E-state index contributed by atoms with van der Waals surface area (Å²) in [7, 11) is 0. The summed E-state index contributed by atoms with van der Waals surface area (Å²) >= 11 is 0. The van der Waals surface area contributed by atoms with E-state index in [9.17, 15) is 9.18 Å². The summed E-state index contributed by atoms with van der Waals surface area (Å²) in [6.45, 7) is 0. The predicted molar refractivity (Wildman–Crippen MR) is 116 cm³/mol. The van der Waals surface area contributed by atoms with Crippen molar-refractivity contribution >= 4 is 22.8 Å². The third-order valence-corrected chi connectivity index (χ3v) is 5.63. The van der Waals surface area contributed by atoms with Crippen molar-refractivity contribution in [3.8, 4) is 11.4 Å². The van der Waals surface area contributed by atoms with Gasteiger partial charge in [-0.15, -0.1) is 0 Å². The Morgan fingerprint density at radius 2 is 1.94 bits per heavy atom. The van der Waals surface area contributed by atoms with Gasteiger partial charge in [0.1, 0.15) is 12.0 Å². The summed E-state index contributed by atoms with van der Waals surface area (Å²) in [6.07, 6.45) is 12.5. The number of nitrogens with one attached hydrogen (secondary N) is 3. The average molecular weight is 432 g/mol. The molecule has 4 aromatic rings. The first-order chi connectivity index (χ1) is 15.7. The zero-order valence-corrected chi connectivity index (χ0v) is 17.1. The minimum Gasteiger partial charge on any atom is -0.365 e. The number of anilines is 1. The number of halogens is 1. The van der Waals surface area contributed by atoms with Gasteiger partial charge < -0.3 is 15.6 Å². The van der Waals surface area contributed by atoms with Crippen molar-refractivity contribution in [2.75, 3.05) is 5.32 Å². The molecule has 0 saturated heterocycles. The number of hydrogen-bond donors (Lipinski definition) is 3. The maximum atomic E-state index is 14.5. The largest absolute Gasteiger partial charge is 0.365 e. The molecule has 9 nitrogen and oxygen atoms in total. The molecule has 3 N–H and O–H groups in total. The van der Waals surface area contributed by atoms with Crippen molar-refractivity contribution in [3.63, 3.8) is 0 Å². The quantitative estimate of drug-likeness (QED) is 0.443. The molecule has 1 fully saturated rings. The molecule has 2 atom stereocenters. The van der Waals surface area contributed by atoms with Gasteiger partial charge in [-0.05, 0) is 37.8 Å². The molecule has 32 heavy (non-hydrogen) atoms. The molecule has 5 rings (SSSR count). The summed E-state index contributed by atoms with van der Waals surface area (Å²) in [6, 6.07) is 3.34. The van der Waals surface area contributed by atoms with Crippen molar-refractivity contribution in [1.29, 1.82) is 0 Å². The summed E-state index contributed by atoms with van der Waals surface area (Å²) in [5.41, 5.74) is 1.94. The molecule has 1 aliphatic rings. The van der Waals surface area contributed by atoms with Gasteiger partial charge >= 0.3 is 0 Å². The topological polar surface area (TPSA) is 121 Å². The second kappa shape index (κ2) is 8.66. The first kappa shape index (κ1) is 20.0. The van der Waals surface area contributed by atoms with E-state index in [1.54, 1.807) is 36.9 Å². The standard InChI is InChI=1S/C22H21FN8O/c23-18-11-27-20(17-10-26-19-16(17)9-25-12-28-19)31-21(18)29-14-2-1-3-15(8-14)30-22(32)13-4-6-24-7-5-13/h4-7,9-12,14-15H,1-3,8H2,(H,30,32)(H,25,26,28)(H,27,29,31)/t14-,15+/m1/s1. The first-order valence-electron chi connectivity index (χ1n) is 10.4. The molecule has 0 unspecified atom stereocenters. The third-order valence-electron chi connectivity index (χ3n) is 5.63. The zero-order chi connectivity index (χ0) is 21.9. The van der Waals surface area contributed by atoms with Crippen LogP contribution < -0.4 is 10.6 Å². The summed E-state index contributed by atoms with van der Waals surface area (Å²) in [4.78, 5) is 36.2. The van der Waals surface area contributed by atoms with E-state index in [4.69, 9.17) is 0 Å². The van der Waals surface area contributed by atoms with E-state index < -0.39 is 5.82 Å². The minimum atomic E-state index is -0.521. The van der Waals surface area contributed by atoms with Crippen LogP contribution in [0.2, 0.25) is 0 Å². The van der Waals surface area contributed by atoms with Gasteiger partial charge in [0.15, 0.2) is 17.5 Å². The van der Waals surface area contributed by atoms with Gasteiger partial charge in [-0.3, -0.25) is 9.78 Å². The number of hydrogen-bond acceptors (Lipinski definition) is 7. The lowest BCUT2D eigenvalue weighted by molar-refractivity contribution is 0.0926. The van der Waals surface area contributed by atoms with Gasteiger partial charge in [0.05, 0.1) is 6.20 Å². The van der Waals surface area contributed by atoms with Gasteiger partial charge in [-0.25, -0.2) is 24.3 Å². The number of fused-ring (bicyclic) bond motifs is 1. The number of pyridine rings is 1. The second-order valence-electron chi connectivity index (χ2n) is 7.79. The lowest BCUT2D eigenvalue weighted by Gasteiger charge is -2.30. The van der Waals surface area contributed by atoms with E-state index in [2.05, 4.69) is 40.5 Å². The molecule has 1 saturated carbocycles. The highest BCUT2D eigenvalue weighted by Crippen LogP contribution is 2.27. The summed E-state index contributed by atoms with van der Waals surface area (Å²) < 4.78 is 14.5. The number of H-pyrrole nitrogens is 1. The van der Waals surface area contributed by atoms with Crippen LogP contribution in [0.5, 0.6) is 0 Å². The number of nitrogens with zero attached hydrogens (tertiary/aromatic N) is 5. The number of rotatable bonds is 5. The maximum Gasteiger partial charge on any atom is 0.251 e. The summed E-state index contributed by atoms with van der Waals surface area (Å²) in [5, 5.41) is 7.05. The Morgan fingerprint density at radius 1 is 1.09 bits per heavy atom. The van der Waals surface area contributed by atoms with Gasteiger partial charge in [-0.2, -0.15) is 0 Å². The first-order valence-corrected chi connectivity index (χ1v) is 10.4. The van der Waals surface area contributed by atoms with E-state index >= 15 is 0 Å². The van der Waals surface area contributed by atoms with E-state index in [0.29, 0.717) is 29.0 Å². The van der Waals surface area contributed by atoms with Crippen molar-refractivity contribution in [2.45, 2.75) is 37.8 Å². The van der Waals surface area contributed by atoms with Crippen LogP contribution in [0.25, 0.3) is 22.4 Å². The van der Waals surface area contributed by atoms with Crippen molar-refractivity contribution in [2.24, 2.45) is 0 Å². The molecule has 1 amide bonds. The van der Waals surface area contributed by atoms with E-state index in [1.165, 1.54) is 12.5 Å². The highest BCUT2D eigenvalue weighted by Gasteiger charge is 2.25. The number of carbonyl (C=O) groups is 1. The highest BCUT2D eigenvalue weighted by molar-refractivity contribution is 5.94. The molecule has 0 bridgehead atoms. The monoisotopic (exact) mass is 432 g/mol. The van der Waals surface area contributed by atoms with Crippen LogP contribution in [0.1, 0.15) is 36.0 Å². The number of amides is 1. The van der Waals surface area contributed by atoms with Crippen LogP contribution in [0.15, 0.2) is 49.4 Å². The minimum absolute atomic E-state index is 0.00273. The molecule has 0 radical (unpaired) electrons. The Morgan fingerprint density at radius 3 is 2.81 bits per heavy atom. The zero-order valence-electron chi connectivity index (χ0n) is 17.1. The lowest BCUT2D eigenvalue weighted by atomic mass is 9.90. The van der Waals surface area contributed by atoms with Crippen LogP contribution in [0.4, 0.5) is 10.2 Å². The van der Waals surface area contributed by atoms with Crippen LogP contribution in [-0.2, 0) is 0 Å². The fourth-order valence-corrected chi connectivity index (χ4v) is 4.06. The number of aromatic nitrogens is 6. The fraction of sp³-hybridized carbons (Fsp3) is 0.273. The molecule has 0 aliphatic heterocycles. The van der Waals surface area contributed by atoms with Gasteiger partial charge in [0, 0.05) is 53.4 Å². The average Bonchev–Trinajstić information content (AvgIpc) is 3.26. The van der Waals surface area contributed by atoms with Crippen molar-refractivity contribution in [3.05, 3.63) is 60.8 Å². The maximum absolute atomic E-state index is 14.5. The Labute approximate surface area is 183 Å². The second-order valence-corrected chi connectivity index (χ2v) is 7.79. The molecule has 10 heteroatoms. The Kier molecular flexibility index (Phi) is 5.40. The third kappa shape index (κ3) is 4.11. The van der Waals surface area contributed by atoms with Crippen molar-refractivity contribution < 1.29 is 9.18 Å². The van der Waals surface area contributed by atoms with Crippen LogP contribution in [0, 0.1) is 5.82 Å².